The molecule has 19 heavy (non-hydrogen) atoms. The van der Waals surface area contributed by atoms with Gasteiger partial charge in [0.25, 0.3) is 0 Å². The Hall–Kier alpha value is -2.58. The zero-order valence-electron chi connectivity index (χ0n) is 9.16. The van der Waals surface area contributed by atoms with E-state index in [2.05, 4.69) is 9.72 Å². The van der Waals surface area contributed by atoms with E-state index in [1.807, 2.05) is 0 Å². The predicted octanol–water partition coefficient (Wildman–Crippen LogP) is 2.68. The first-order valence-electron chi connectivity index (χ1n) is 4.90. The number of ether oxygens (including phenoxy) is 1. The van der Waals surface area contributed by atoms with Gasteiger partial charge in [-0.05, 0) is 34.2 Å². The summed E-state index contributed by atoms with van der Waals surface area (Å²) in [5.41, 5.74) is 0.426. The Kier molecular flexibility index (Phi) is 3.11. The van der Waals surface area contributed by atoms with Crippen molar-refractivity contribution in [2.75, 3.05) is 0 Å². The minimum atomic E-state index is -4.75. The molecule has 9 heteroatoms. The second-order valence-electron chi connectivity index (χ2n) is 3.44. The maximum Gasteiger partial charge on any atom is 0.573 e. The van der Waals surface area contributed by atoms with Crippen LogP contribution in [0.3, 0.4) is 0 Å². The van der Waals surface area contributed by atoms with Crippen molar-refractivity contribution in [3.05, 3.63) is 46.9 Å². The van der Waals surface area contributed by atoms with Crippen LogP contribution in [-0.2, 0) is 0 Å². The van der Waals surface area contributed by atoms with Gasteiger partial charge in [-0.25, -0.2) is 0 Å². The maximum absolute atomic E-state index is 11.9. The number of hydrogen-bond donors (Lipinski definition) is 0. The number of rotatable bonds is 3. The largest absolute Gasteiger partial charge is 0.573 e. The van der Waals surface area contributed by atoms with Gasteiger partial charge in [0.2, 0.25) is 6.33 Å². The monoisotopic (exact) mass is 273 g/mol. The lowest BCUT2D eigenvalue weighted by Crippen LogP contribution is -2.17. The van der Waals surface area contributed by atoms with Crippen molar-refractivity contribution in [3.8, 4) is 11.4 Å². The van der Waals surface area contributed by atoms with Crippen molar-refractivity contribution < 1.29 is 22.8 Å². The number of nitrogens with zero attached hydrogens (tertiary/aromatic N) is 3. The van der Waals surface area contributed by atoms with Gasteiger partial charge in [-0.1, -0.05) is 0 Å². The number of halogens is 3. The van der Waals surface area contributed by atoms with Gasteiger partial charge >= 0.3 is 12.2 Å². The molecule has 0 unspecified atom stereocenters. The van der Waals surface area contributed by atoms with Crippen molar-refractivity contribution in [2.24, 2.45) is 0 Å². The van der Waals surface area contributed by atoms with Crippen molar-refractivity contribution in [2.45, 2.75) is 6.36 Å². The lowest BCUT2D eigenvalue weighted by molar-refractivity contribution is -0.389. The smallest absolute Gasteiger partial charge is 0.406 e. The summed E-state index contributed by atoms with van der Waals surface area (Å²) in [6.07, 6.45) is -2.41. The van der Waals surface area contributed by atoms with E-state index < -0.39 is 11.3 Å². The summed E-state index contributed by atoms with van der Waals surface area (Å²) in [5.74, 6) is -0.721. The van der Waals surface area contributed by atoms with Crippen LogP contribution in [0.25, 0.3) is 5.69 Å². The second kappa shape index (κ2) is 4.59. The molecule has 0 aliphatic heterocycles. The molecule has 2 rings (SSSR count). The van der Waals surface area contributed by atoms with Gasteiger partial charge in [0, 0.05) is 5.69 Å². The molecule has 0 aliphatic carbocycles. The third-order valence-corrected chi connectivity index (χ3v) is 2.12. The van der Waals surface area contributed by atoms with Crippen molar-refractivity contribution in [3.63, 3.8) is 0 Å². The van der Waals surface area contributed by atoms with Crippen molar-refractivity contribution >= 4 is 5.82 Å². The summed E-state index contributed by atoms with van der Waals surface area (Å²) >= 11 is 0. The number of hydrogen-bond acceptors (Lipinski definition) is 4. The van der Waals surface area contributed by atoms with Crippen molar-refractivity contribution in [1.29, 1.82) is 0 Å². The van der Waals surface area contributed by atoms with Crippen LogP contribution in [-0.4, -0.2) is 20.8 Å². The first-order chi connectivity index (χ1) is 8.85. The Morgan fingerprint density at radius 2 is 1.89 bits per heavy atom. The van der Waals surface area contributed by atoms with E-state index in [-0.39, 0.29) is 11.6 Å². The van der Waals surface area contributed by atoms with Crippen molar-refractivity contribution in [1.82, 2.24) is 9.55 Å². The standard InChI is InChI=1S/C10H6F3N3O3/c11-10(12,13)19-8-3-1-7(2-4-8)15-5-9(14-6-15)16(17)18/h1-6H. The summed E-state index contributed by atoms with van der Waals surface area (Å²) in [5, 5.41) is 10.4. The average molecular weight is 273 g/mol. The summed E-state index contributed by atoms with van der Waals surface area (Å²) < 4.78 is 40.9. The molecule has 0 bridgehead atoms. The number of imidazole rings is 1. The first-order valence-corrected chi connectivity index (χ1v) is 4.90. The zero-order valence-corrected chi connectivity index (χ0v) is 9.16. The van der Waals surface area contributed by atoms with Crippen LogP contribution >= 0.6 is 0 Å². The molecule has 0 aliphatic rings. The molecular formula is C10H6F3N3O3. The number of nitro groups is 1. The third kappa shape index (κ3) is 3.21. The van der Waals surface area contributed by atoms with Gasteiger partial charge in [0.05, 0.1) is 0 Å². The molecule has 0 atom stereocenters. The van der Waals surface area contributed by atoms with E-state index in [0.717, 1.165) is 18.3 Å². The fraction of sp³-hybridized carbons (Fsp3) is 0.100. The van der Waals surface area contributed by atoms with E-state index in [0.29, 0.717) is 5.69 Å². The highest BCUT2D eigenvalue weighted by molar-refractivity contribution is 5.38. The van der Waals surface area contributed by atoms with E-state index >= 15 is 0 Å². The fourth-order valence-electron chi connectivity index (χ4n) is 1.37. The van der Waals surface area contributed by atoms with E-state index in [9.17, 15) is 23.3 Å². The lowest BCUT2D eigenvalue weighted by Gasteiger charge is -2.09. The molecule has 100 valence electrons. The Labute approximate surface area is 104 Å². The van der Waals surface area contributed by atoms with Gasteiger partial charge in [-0.3, -0.25) is 4.57 Å². The molecule has 1 heterocycles. The molecule has 1 aromatic carbocycles. The molecule has 0 saturated heterocycles. The summed E-state index contributed by atoms with van der Waals surface area (Å²) in [6, 6.07) is 4.86. The molecule has 2 aromatic rings. The molecular weight excluding hydrogens is 267 g/mol. The highest BCUT2D eigenvalue weighted by Gasteiger charge is 2.30. The molecule has 6 nitrogen and oxygen atoms in total. The van der Waals surface area contributed by atoms with Gasteiger partial charge in [0.15, 0.2) is 0 Å². The second-order valence-corrected chi connectivity index (χ2v) is 3.44. The molecule has 1 aromatic heterocycles. The normalized spacial score (nSPS) is 11.3. The molecule has 0 fully saturated rings. The highest BCUT2D eigenvalue weighted by Crippen LogP contribution is 2.24. The lowest BCUT2D eigenvalue weighted by atomic mass is 10.3. The van der Waals surface area contributed by atoms with Crippen LogP contribution < -0.4 is 4.74 Å². The molecule has 0 saturated carbocycles. The van der Waals surface area contributed by atoms with E-state index in [1.165, 1.54) is 23.0 Å². The maximum atomic E-state index is 11.9. The Morgan fingerprint density at radius 3 is 2.37 bits per heavy atom. The van der Waals surface area contributed by atoms with Gasteiger partial charge in [-0.2, -0.15) is 0 Å². The Morgan fingerprint density at radius 1 is 1.26 bits per heavy atom. The van der Waals surface area contributed by atoms with Gasteiger partial charge in [-0.15, -0.1) is 13.2 Å². The Balaban J connectivity index is 2.20. The molecule has 0 amide bonds. The predicted molar refractivity (Wildman–Crippen MR) is 56.9 cm³/mol. The third-order valence-electron chi connectivity index (χ3n) is 2.12. The zero-order chi connectivity index (χ0) is 14.0. The van der Waals surface area contributed by atoms with E-state index in [4.69, 9.17) is 0 Å². The van der Waals surface area contributed by atoms with Crippen LogP contribution in [0.4, 0.5) is 19.0 Å². The summed E-state index contributed by atoms with van der Waals surface area (Å²) in [7, 11) is 0. The van der Waals surface area contributed by atoms with Crippen LogP contribution in [0.2, 0.25) is 0 Å². The number of benzene rings is 1. The number of alkyl halides is 3. The summed E-state index contributed by atoms with van der Waals surface area (Å²) in [6.45, 7) is 0. The van der Waals surface area contributed by atoms with Crippen LogP contribution in [0.1, 0.15) is 0 Å². The van der Waals surface area contributed by atoms with Crippen LogP contribution in [0, 0.1) is 10.1 Å². The SMILES string of the molecule is O=[N+]([O-])c1cn(-c2ccc(OC(F)(F)F)cc2)cn1. The Bertz CT molecular complexity index is 592. The topological polar surface area (TPSA) is 70.2 Å². The molecule has 0 N–H and O–H groups in total. The minimum Gasteiger partial charge on any atom is -0.406 e. The summed E-state index contributed by atoms with van der Waals surface area (Å²) in [4.78, 5) is 13.3. The van der Waals surface area contributed by atoms with Crippen LogP contribution in [0.5, 0.6) is 5.75 Å². The van der Waals surface area contributed by atoms with Gasteiger partial charge in [0.1, 0.15) is 11.9 Å². The average Bonchev–Trinajstić information content (AvgIpc) is 2.77. The molecule has 0 radical (unpaired) electrons. The quantitative estimate of drug-likeness (QED) is 0.636. The number of aromatic nitrogens is 2. The molecule has 0 spiro atoms. The highest BCUT2D eigenvalue weighted by atomic mass is 19.4. The van der Waals surface area contributed by atoms with Crippen LogP contribution in [0.15, 0.2) is 36.8 Å². The fourth-order valence-corrected chi connectivity index (χ4v) is 1.37. The minimum absolute atomic E-state index is 0.351. The first kappa shape index (κ1) is 12.9. The van der Waals surface area contributed by atoms with E-state index in [1.54, 1.807) is 0 Å². The van der Waals surface area contributed by atoms with Gasteiger partial charge < -0.3 is 14.9 Å².